The summed E-state index contributed by atoms with van der Waals surface area (Å²) >= 11 is 0. The van der Waals surface area contributed by atoms with Gasteiger partial charge in [-0.2, -0.15) is 0 Å². The third-order valence-corrected chi connectivity index (χ3v) is 8.38. The van der Waals surface area contributed by atoms with Crippen LogP contribution in [0.4, 0.5) is 0 Å². The van der Waals surface area contributed by atoms with Crippen LogP contribution >= 0.6 is 0 Å². The lowest BCUT2D eigenvalue weighted by Crippen LogP contribution is -2.47. The Morgan fingerprint density at radius 1 is 1.20 bits per heavy atom. The third kappa shape index (κ3) is 6.34. The fraction of sp³-hybridized carbons (Fsp3) is 0.929. The maximum absolute atomic E-state index is 11.5. The Morgan fingerprint density at radius 2 is 1.75 bits per heavy atom. The van der Waals surface area contributed by atoms with Gasteiger partial charge in [-0.05, 0) is 25.1 Å². The van der Waals surface area contributed by atoms with E-state index < -0.39 is 8.32 Å². The standard InChI is InChI=1S/C14H30O5Si/c1-11(19-20(7,8)14(2,3)4)12(18-10-16-5)9-13(15)17-6/h11-12H,9-10H2,1-8H3/t11-,12-/m0/s1. The summed E-state index contributed by atoms with van der Waals surface area (Å²) in [5.41, 5.74) is 0. The summed E-state index contributed by atoms with van der Waals surface area (Å²) in [7, 11) is 1.02. The molecule has 0 fully saturated rings. The highest BCUT2D eigenvalue weighted by atomic mass is 28.4. The zero-order chi connectivity index (χ0) is 16.0. The summed E-state index contributed by atoms with van der Waals surface area (Å²) in [4.78, 5) is 11.5. The maximum atomic E-state index is 11.5. The quantitative estimate of drug-likeness (QED) is 0.392. The average molecular weight is 306 g/mol. The van der Waals surface area contributed by atoms with Crippen LogP contribution in [0.15, 0.2) is 0 Å². The Labute approximate surface area is 124 Å². The minimum atomic E-state index is -1.90. The van der Waals surface area contributed by atoms with Gasteiger partial charge in [0.2, 0.25) is 0 Å². The third-order valence-electron chi connectivity index (χ3n) is 3.81. The monoisotopic (exact) mass is 306 g/mol. The Bertz CT molecular complexity index is 298. The number of hydrogen-bond acceptors (Lipinski definition) is 5. The van der Waals surface area contributed by atoms with Crippen LogP contribution in [0.1, 0.15) is 34.1 Å². The molecule has 0 aliphatic carbocycles. The number of methoxy groups -OCH3 is 2. The van der Waals surface area contributed by atoms with Gasteiger partial charge in [-0.1, -0.05) is 20.8 Å². The van der Waals surface area contributed by atoms with E-state index >= 15 is 0 Å². The van der Waals surface area contributed by atoms with Gasteiger partial charge in [-0.25, -0.2) is 0 Å². The van der Waals surface area contributed by atoms with Gasteiger partial charge in [-0.3, -0.25) is 4.79 Å². The molecule has 0 amide bonds. The highest BCUT2D eigenvalue weighted by molar-refractivity contribution is 6.74. The predicted molar refractivity (Wildman–Crippen MR) is 81.1 cm³/mol. The van der Waals surface area contributed by atoms with Crippen LogP contribution in [0.3, 0.4) is 0 Å². The summed E-state index contributed by atoms with van der Waals surface area (Å²) in [5, 5.41) is 0.109. The van der Waals surface area contributed by atoms with E-state index in [1.54, 1.807) is 7.11 Å². The summed E-state index contributed by atoms with van der Waals surface area (Å²) in [6.07, 6.45) is -0.392. The molecule has 0 rings (SSSR count). The van der Waals surface area contributed by atoms with Crippen LogP contribution in [0.25, 0.3) is 0 Å². The molecule has 2 atom stereocenters. The maximum Gasteiger partial charge on any atom is 0.308 e. The average Bonchev–Trinajstić information content (AvgIpc) is 2.31. The highest BCUT2D eigenvalue weighted by Gasteiger charge is 2.40. The number of carbonyl (C=O) groups excluding carboxylic acids is 1. The van der Waals surface area contributed by atoms with Crippen molar-refractivity contribution in [2.75, 3.05) is 21.0 Å². The summed E-state index contributed by atoms with van der Waals surface area (Å²) in [6, 6.07) is 0. The first-order valence-corrected chi connectivity index (χ1v) is 9.81. The fourth-order valence-electron chi connectivity index (χ4n) is 1.48. The first kappa shape index (κ1) is 19.6. The number of ether oxygens (including phenoxy) is 3. The second-order valence-corrected chi connectivity index (χ2v) is 11.2. The van der Waals surface area contributed by atoms with Crippen molar-refractivity contribution in [3.63, 3.8) is 0 Å². The van der Waals surface area contributed by atoms with Gasteiger partial charge in [0.1, 0.15) is 6.79 Å². The zero-order valence-electron chi connectivity index (χ0n) is 14.1. The van der Waals surface area contributed by atoms with Crippen LogP contribution in [0.2, 0.25) is 18.1 Å². The van der Waals surface area contributed by atoms with Crippen LogP contribution < -0.4 is 0 Å². The number of carbonyl (C=O) groups is 1. The summed E-state index contributed by atoms with van der Waals surface area (Å²) in [6.45, 7) is 13.0. The van der Waals surface area contributed by atoms with E-state index in [9.17, 15) is 4.79 Å². The second-order valence-electron chi connectivity index (χ2n) is 6.48. The van der Waals surface area contributed by atoms with E-state index in [1.165, 1.54) is 7.11 Å². The predicted octanol–water partition coefficient (Wildman–Crippen LogP) is 2.95. The molecule has 0 aliphatic heterocycles. The van der Waals surface area contributed by atoms with Crippen molar-refractivity contribution in [2.45, 2.75) is 64.5 Å². The van der Waals surface area contributed by atoms with E-state index in [4.69, 9.17) is 18.6 Å². The normalized spacial score (nSPS) is 15.8. The Kier molecular flexibility index (Phi) is 7.94. The van der Waals surface area contributed by atoms with Gasteiger partial charge in [0.05, 0.1) is 25.7 Å². The molecule has 0 unspecified atom stereocenters. The lowest BCUT2D eigenvalue weighted by atomic mass is 10.1. The number of esters is 1. The summed E-state index contributed by atoms with van der Waals surface area (Å²) < 4.78 is 21.4. The molecular weight excluding hydrogens is 276 g/mol. The van der Waals surface area contributed by atoms with E-state index in [2.05, 4.69) is 33.9 Å². The Balaban J connectivity index is 4.77. The molecule has 5 nitrogen and oxygen atoms in total. The molecule has 0 aromatic rings. The molecule has 0 N–H and O–H groups in total. The van der Waals surface area contributed by atoms with Crippen molar-refractivity contribution in [2.24, 2.45) is 0 Å². The minimum Gasteiger partial charge on any atom is -0.469 e. The van der Waals surface area contributed by atoms with Gasteiger partial charge in [0, 0.05) is 7.11 Å². The van der Waals surface area contributed by atoms with Crippen molar-refractivity contribution in [3.8, 4) is 0 Å². The summed E-state index contributed by atoms with van der Waals surface area (Å²) in [5.74, 6) is -0.309. The Hall–Kier alpha value is -0.433. The van der Waals surface area contributed by atoms with Gasteiger partial charge in [0.25, 0.3) is 0 Å². The van der Waals surface area contributed by atoms with Crippen molar-refractivity contribution >= 4 is 14.3 Å². The molecule has 0 heterocycles. The van der Waals surface area contributed by atoms with Crippen LogP contribution in [-0.2, 0) is 23.4 Å². The zero-order valence-corrected chi connectivity index (χ0v) is 15.1. The van der Waals surface area contributed by atoms with Crippen molar-refractivity contribution in [3.05, 3.63) is 0 Å². The molecule has 20 heavy (non-hydrogen) atoms. The first-order chi connectivity index (χ1) is 9.05. The van der Waals surface area contributed by atoms with E-state index in [1.807, 2.05) is 6.92 Å². The molecule has 0 aromatic carbocycles. The molecule has 0 saturated carbocycles. The topological polar surface area (TPSA) is 54.0 Å². The van der Waals surface area contributed by atoms with Gasteiger partial charge in [-0.15, -0.1) is 0 Å². The first-order valence-electron chi connectivity index (χ1n) is 6.90. The molecule has 0 spiro atoms. The molecule has 0 saturated heterocycles. The van der Waals surface area contributed by atoms with Gasteiger partial charge in [0.15, 0.2) is 8.32 Å². The van der Waals surface area contributed by atoms with Crippen molar-refractivity contribution in [1.82, 2.24) is 0 Å². The number of rotatable bonds is 8. The largest absolute Gasteiger partial charge is 0.469 e. The second kappa shape index (κ2) is 8.12. The molecule has 6 heteroatoms. The van der Waals surface area contributed by atoms with Crippen LogP contribution in [0.5, 0.6) is 0 Å². The lowest BCUT2D eigenvalue weighted by Gasteiger charge is -2.40. The molecular formula is C14H30O5Si. The van der Waals surface area contributed by atoms with Gasteiger partial charge < -0.3 is 18.6 Å². The highest BCUT2D eigenvalue weighted by Crippen LogP contribution is 2.37. The van der Waals surface area contributed by atoms with Crippen molar-refractivity contribution < 1.29 is 23.4 Å². The van der Waals surface area contributed by atoms with E-state index in [-0.39, 0.29) is 36.4 Å². The van der Waals surface area contributed by atoms with E-state index in [0.29, 0.717) is 0 Å². The van der Waals surface area contributed by atoms with E-state index in [0.717, 1.165) is 0 Å². The molecule has 120 valence electrons. The molecule has 0 radical (unpaired) electrons. The molecule has 0 aromatic heterocycles. The fourth-order valence-corrected chi connectivity index (χ4v) is 2.92. The minimum absolute atomic E-state index is 0.109. The van der Waals surface area contributed by atoms with Crippen molar-refractivity contribution in [1.29, 1.82) is 0 Å². The smallest absolute Gasteiger partial charge is 0.308 e. The SMILES string of the molecule is COCO[C@@H](CC(=O)OC)[C@H](C)O[Si](C)(C)C(C)(C)C. The molecule has 0 aliphatic rings. The van der Waals surface area contributed by atoms with Crippen LogP contribution in [-0.4, -0.2) is 47.5 Å². The molecule has 0 bridgehead atoms. The Morgan fingerprint density at radius 3 is 2.15 bits per heavy atom. The number of hydrogen-bond donors (Lipinski definition) is 0. The lowest BCUT2D eigenvalue weighted by molar-refractivity contribution is -0.151. The van der Waals surface area contributed by atoms with Crippen LogP contribution in [0, 0.1) is 0 Å². The van der Waals surface area contributed by atoms with Gasteiger partial charge >= 0.3 is 5.97 Å².